The van der Waals surface area contributed by atoms with Gasteiger partial charge in [0, 0.05) is 16.8 Å². The van der Waals surface area contributed by atoms with Crippen LogP contribution in [0.2, 0.25) is 0 Å². The Morgan fingerprint density at radius 3 is 2.33 bits per heavy atom. The molecule has 166 valence electrons. The third-order valence-corrected chi connectivity index (χ3v) is 5.34. The van der Waals surface area contributed by atoms with Gasteiger partial charge in [-0.2, -0.15) is 4.98 Å². The smallest absolute Gasteiger partial charge is 0.322 e. The average molecular weight is 442 g/mol. The van der Waals surface area contributed by atoms with E-state index in [4.69, 9.17) is 14.0 Å². The zero-order valence-corrected chi connectivity index (χ0v) is 18.0. The van der Waals surface area contributed by atoms with E-state index >= 15 is 0 Å². The Balaban J connectivity index is 1.13. The first-order chi connectivity index (χ1) is 16.2. The van der Waals surface area contributed by atoms with Crippen molar-refractivity contribution in [3.05, 3.63) is 78.9 Å². The molecule has 1 fully saturated rings. The molecular formula is C25H22N4O4. The van der Waals surface area contributed by atoms with Crippen molar-refractivity contribution >= 4 is 11.7 Å². The first kappa shape index (κ1) is 20.6. The SMILES string of the molecule is COc1ccc(NC(=O)N2CC(Oc3ccc(-c4nc(-c5ccccc5)no4)cc3)C2)cc1. The molecule has 8 heteroatoms. The molecule has 5 rings (SSSR count). The van der Waals surface area contributed by atoms with Crippen molar-refractivity contribution in [3.63, 3.8) is 0 Å². The first-order valence-electron chi connectivity index (χ1n) is 10.5. The van der Waals surface area contributed by atoms with Gasteiger partial charge in [-0.05, 0) is 48.5 Å². The number of hydrogen-bond donors (Lipinski definition) is 1. The first-order valence-corrected chi connectivity index (χ1v) is 10.5. The van der Waals surface area contributed by atoms with E-state index in [0.29, 0.717) is 24.8 Å². The number of carbonyl (C=O) groups excluding carboxylic acids is 1. The lowest BCUT2D eigenvalue weighted by Crippen LogP contribution is -2.57. The van der Waals surface area contributed by atoms with E-state index in [9.17, 15) is 4.79 Å². The molecule has 1 aliphatic heterocycles. The molecule has 1 aromatic heterocycles. The number of anilines is 1. The Morgan fingerprint density at radius 1 is 0.939 bits per heavy atom. The van der Waals surface area contributed by atoms with Gasteiger partial charge in [-0.3, -0.25) is 0 Å². The summed E-state index contributed by atoms with van der Waals surface area (Å²) < 4.78 is 16.5. The maximum Gasteiger partial charge on any atom is 0.322 e. The number of carbonyl (C=O) groups is 1. The minimum Gasteiger partial charge on any atom is -0.497 e. The van der Waals surface area contributed by atoms with Crippen molar-refractivity contribution in [1.82, 2.24) is 15.0 Å². The van der Waals surface area contributed by atoms with Crippen molar-refractivity contribution < 1.29 is 18.8 Å². The predicted octanol–water partition coefficient (Wildman–Crippen LogP) is 4.71. The normalized spacial score (nSPS) is 13.3. The summed E-state index contributed by atoms with van der Waals surface area (Å²) in [5.41, 5.74) is 2.43. The molecule has 0 unspecified atom stereocenters. The van der Waals surface area contributed by atoms with Gasteiger partial charge in [-0.25, -0.2) is 4.79 Å². The van der Waals surface area contributed by atoms with Crippen LogP contribution < -0.4 is 14.8 Å². The number of rotatable bonds is 6. The molecular weight excluding hydrogens is 420 g/mol. The third kappa shape index (κ3) is 4.64. The third-order valence-electron chi connectivity index (χ3n) is 5.34. The highest BCUT2D eigenvalue weighted by atomic mass is 16.5. The van der Waals surface area contributed by atoms with Crippen LogP contribution in [0.3, 0.4) is 0 Å². The molecule has 0 atom stereocenters. The number of amides is 2. The summed E-state index contributed by atoms with van der Waals surface area (Å²) in [4.78, 5) is 18.5. The fourth-order valence-electron chi connectivity index (χ4n) is 3.47. The molecule has 0 radical (unpaired) electrons. The second-order valence-corrected chi connectivity index (χ2v) is 7.62. The Kier molecular flexibility index (Phi) is 5.63. The van der Waals surface area contributed by atoms with Crippen LogP contribution in [0.5, 0.6) is 11.5 Å². The lowest BCUT2D eigenvalue weighted by molar-refractivity contribution is 0.0493. The Labute approximate surface area is 190 Å². The predicted molar refractivity (Wildman–Crippen MR) is 123 cm³/mol. The van der Waals surface area contributed by atoms with Gasteiger partial charge in [0.1, 0.15) is 17.6 Å². The molecule has 0 aliphatic carbocycles. The van der Waals surface area contributed by atoms with Crippen molar-refractivity contribution in [3.8, 4) is 34.3 Å². The fraction of sp³-hybridized carbons (Fsp3) is 0.160. The number of nitrogens with zero attached hydrogens (tertiary/aromatic N) is 3. The van der Waals surface area contributed by atoms with Crippen molar-refractivity contribution in [2.45, 2.75) is 6.10 Å². The van der Waals surface area contributed by atoms with Crippen LogP contribution in [-0.2, 0) is 0 Å². The molecule has 2 heterocycles. The molecule has 1 N–H and O–H groups in total. The van der Waals surface area contributed by atoms with Crippen LogP contribution in [0, 0.1) is 0 Å². The highest BCUT2D eigenvalue weighted by molar-refractivity contribution is 5.90. The van der Waals surface area contributed by atoms with Crippen molar-refractivity contribution in [2.24, 2.45) is 0 Å². The minimum atomic E-state index is -0.152. The summed E-state index contributed by atoms with van der Waals surface area (Å²) in [6, 6.07) is 24.2. The number of likely N-dealkylation sites (tertiary alicyclic amines) is 1. The van der Waals surface area contributed by atoms with Crippen molar-refractivity contribution in [2.75, 3.05) is 25.5 Å². The van der Waals surface area contributed by atoms with E-state index in [1.54, 1.807) is 36.3 Å². The van der Waals surface area contributed by atoms with Gasteiger partial charge in [0.25, 0.3) is 5.89 Å². The van der Waals surface area contributed by atoms with Gasteiger partial charge in [0.15, 0.2) is 0 Å². The highest BCUT2D eigenvalue weighted by Gasteiger charge is 2.32. The summed E-state index contributed by atoms with van der Waals surface area (Å²) in [6.45, 7) is 1.04. The summed E-state index contributed by atoms with van der Waals surface area (Å²) >= 11 is 0. The number of nitrogens with one attached hydrogen (secondary N) is 1. The van der Waals surface area contributed by atoms with Gasteiger partial charge >= 0.3 is 6.03 Å². The zero-order chi connectivity index (χ0) is 22.6. The largest absolute Gasteiger partial charge is 0.497 e. The van der Waals surface area contributed by atoms with Crippen LogP contribution in [0.15, 0.2) is 83.4 Å². The van der Waals surface area contributed by atoms with Gasteiger partial charge in [0.05, 0.1) is 20.2 Å². The average Bonchev–Trinajstić information content (AvgIpc) is 3.33. The zero-order valence-electron chi connectivity index (χ0n) is 18.0. The van der Waals surface area contributed by atoms with Crippen LogP contribution in [0.25, 0.3) is 22.8 Å². The Hall–Kier alpha value is -4.33. The molecule has 1 aliphatic rings. The van der Waals surface area contributed by atoms with Gasteiger partial charge in [0.2, 0.25) is 5.82 Å². The van der Waals surface area contributed by atoms with E-state index in [1.165, 1.54) is 0 Å². The minimum absolute atomic E-state index is 0.0504. The highest BCUT2D eigenvalue weighted by Crippen LogP contribution is 2.26. The maximum absolute atomic E-state index is 12.4. The van der Waals surface area contributed by atoms with Crippen LogP contribution in [0.4, 0.5) is 10.5 Å². The van der Waals surface area contributed by atoms with Crippen LogP contribution >= 0.6 is 0 Å². The van der Waals surface area contributed by atoms with Crippen LogP contribution in [0.1, 0.15) is 0 Å². The second-order valence-electron chi connectivity index (χ2n) is 7.62. The monoisotopic (exact) mass is 442 g/mol. The van der Waals surface area contributed by atoms with Gasteiger partial charge in [-0.1, -0.05) is 35.5 Å². The van der Waals surface area contributed by atoms with Crippen LogP contribution in [-0.4, -0.2) is 47.4 Å². The van der Waals surface area contributed by atoms with Gasteiger partial charge in [-0.15, -0.1) is 0 Å². The topological polar surface area (TPSA) is 89.7 Å². The molecule has 1 saturated heterocycles. The quantitative estimate of drug-likeness (QED) is 0.465. The molecule has 4 aromatic rings. The number of urea groups is 1. The number of ether oxygens (including phenoxy) is 2. The van der Waals surface area contributed by atoms with E-state index < -0.39 is 0 Å². The molecule has 0 saturated carbocycles. The summed E-state index contributed by atoms with van der Waals surface area (Å²) in [6.07, 6.45) is -0.0504. The van der Waals surface area contributed by atoms with E-state index in [2.05, 4.69) is 15.5 Å². The fourth-order valence-corrected chi connectivity index (χ4v) is 3.47. The molecule has 3 aromatic carbocycles. The number of methoxy groups -OCH3 is 1. The second kappa shape index (κ2) is 9.04. The standard InChI is InChI=1S/C25H22N4O4/c1-31-20-13-9-19(10-14-20)26-25(30)29-15-22(16-29)32-21-11-7-18(8-12-21)24-27-23(28-33-24)17-5-3-2-4-6-17/h2-14,22H,15-16H2,1H3,(H,26,30). The molecule has 0 bridgehead atoms. The summed E-state index contributed by atoms with van der Waals surface area (Å²) in [5, 5.41) is 6.92. The molecule has 0 spiro atoms. The molecule has 33 heavy (non-hydrogen) atoms. The summed E-state index contributed by atoms with van der Waals surface area (Å²) in [7, 11) is 1.61. The number of benzene rings is 3. The lowest BCUT2D eigenvalue weighted by Gasteiger charge is -2.38. The number of aromatic nitrogens is 2. The lowest BCUT2D eigenvalue weighted by atomic mass is 10.1. The summed E-state index contributed by atoms with van der Waals surface area (Å²) in [5.74, 6) is 2.47. The number of hydrogen-bond acceptors (Lipinski definition) is 6. The van der Waals surface area contributed by atoms with Gasteiger partial charge < -0.3 is 24.2 Å². The molecule has 2 amide bonds. The van der Waals surface area contributed by atoms with E-state index in [1.807, 2.05) is 54.6 Å². The van der Waals surface area contributed by atoms with E-state index in [-0.39, 0.29) is 12.1 Å². The maximum atomic E-state index is 12.4. The van der Waals surface area contributed by atoms with Crippen molar-refractivity contribution in [1.29, 1.82) is 0 Å². The Bertz CT molecular complexity index is 1220. The Morgan fingerprint density at radius 2 is 1.64 bits per heavy atom. The van der Waals surface area contributed by atoms with E-state index in [0.717, 1.165) is 28.3 Å². The molecule has 8 nitrogen and oxygen atoms in total.